The normalized spacial score (nSPS) is 26.7. The minimum atomic E-state index is -0.809. The second-order valence-electron chi connectivity index (χ2n) is 4.67. The maximum Gasteiger partial charge on any atom is 0.134 e. The van der Waals surface area contributed by atoms with E-state index >= 15 is 0 Å². The molecule has 0 aliphatic heterocycles. The lowest BCUT2D eigenvalue weighted by molar-refractivity contribution is 0.293. The van der Waals surface area contributed by atoms with Crippen molar-refractivity contribution in [2.75, 3.05) is 7.11 Å². The summed E-state index contributed by atoms with van der Waals surface area (Å²) in [7, 11) is 1.53. The van der Waals surface area contributed by atoms with Crippen LogP contribution in [0.25, 0.3) is 0 Å². The Morgan fingerprint density at radius 2 is 2.00 bits per heavy atom. The molecule has 0 radical (unpaired) electrons. The molecule has 2 unspecified atom stereocenters. The van der Waals surface area contributed by atoms with Crippen LogP contribution in [-0.2, 0) is 11.2 Å². The highest BCUT2D eigenvalue weighted by atomic mass is 35.5. The lowest BCUT2D eigenvalue weighted by atomic mass is 9.82. The van der Waals surface area contributed by atoms with Gasteiger partial charge in [0.05, 0.1) is 17.7 Å². The van der Waals surface area contributed by atoms with Crippen LogP contribution in [0.3, 0.4) is 0 Å². The molecule has 4 N–H and O–H groups in total. The SMILES string of the molecule is COC1=CC(N)C(N)(Cc2ccc(F)cc2)C=C1Cl. The summed E-state index contributed by atoms with van der Waals surface area (Å²) in [5.74, 6) is 0.243. The predicted molar refractivity (Wildman–Crippen MR) is 74.0 cm³/mol. The first-order valence-electron chi connectivity index (χ1n) is 5.88. The number of methoxy groups -OCH3 is 1. The quantitative estimate of drug-likeness (QED) is 0.892. The molecule has 0 aromatic heterocycles. The molecule has 2 rings (SSSR count). The number of ether oxygens (including phenoxy) is 1. The van der Waals surface area contributed by atoms with E-state index in [9.17, 15) is 4.39 Å². The first kappa shape index (κ1) is 14.1. The largest absolute Gasteiger partial charge is 0.495 e. The summed E-state index contributed by atoms with van der Waals surface area (Å²) < 4.78 is 18.0. The first-order chi connectivity index (χ1) is 8.94. The molecule has 1 aromatic rings. The Hall–Kier alpha value is -1.36. The van der Waals surface area contributed by atoms with Gasteiger partial charge in [-0.1, -0.05) is 23.7 Å². The molecule has 19 heavy (non-hydrogen) atoms. The zero-order chi connectivity index (χ0) is 14.0. The van der Waals surface area contributed by atoms with Gasteiger partial charge in [0.15, 0.2) is 0 Å². The maximum atomic E-state index is 12.9. The van der Waals surface area contributed by atoms with Crippen molar-refractivity contribution in [1.82, 2.24) is 0 Å². The number of nitrogens with two attached hydrogens (primary N) is 2. The Morgan fingerprint density at radius 1 is 1.37 bits per heavy atom. The van der Waals surface area contributed by atoms with Gasteiger partial charge in [0, 0.05) is 6.04 Å². The molecule has 0 saturated carbocycles. The summed E-state index contributed by atoms with van der Waals surface area (Å²) in [6.07, 6.45) is 3.87. The van der Waals surface area contributed by atoms with Crippen LogP contribution in [0.1, 0.15) is 5.56 Å². The van der Waals surface area contributed by atoms with Gasteiger partial charge in [-0.25, -0.2) is 4.39 Å². The summed E-state index contributed by atoms with van der Waals surface area (Å²) in [6.45, 7) is 0. The zero-order valence-electron chi connectivity index (χ0n) is 10.6. The van der Waals surface area contributed by atoms with Gasteiger partial charge in [-0.15, -0.1) is 0 Å². The third-order valence-corrected chi connectivity index (χ3v) is 3.52. The molecule has 1 aliphatic carbocycles. The minimum Gasteiger partial charge on any atom is -0.495 e. The number of benzene rings is 1. The third kappa shape index (κ3) is 2.97. The van der Waals surface area contributed by atoms with Gasteiger partial charge in [-0.2, -0.15) is 0 Å². The average molecular weight is 283 g/mol. The fraction of sp³-hybridized carbons (Fsp3) is 0.286. The monoisotopic (exact) mass is 282 g/mol. The molecule has 2 atom stereocenters. The summed E-state index contributed by atoms with van der Waals surface area (Å²) in [5.41, 5.74) is 12.4. The highest BCUT2D eigenvalue weighted by Crippen LogP contribution is 2.29. The number of hydrogen-bond donors (Lipinski definition) is 2. The molecule has 0 bridgehead atoms. The van der Waals surface area contributed by atoms with Crippen LogP contribution in [0, 0.1) is 5.82 Å². The van der Waals surface area contributed by atoms with Crippen molar-refractivity contribution in [3.05, 3.63) is 58.6 Å². The van der Waals surface area contributed by atoms with Crippen LogP contribution in [0.4, 0.5) is 4.39 Å². The van der Waals surface area contributed by atoms with Crippen LogP contribution >= 0.6 is 11.6 Å². The van der Waals surface area contributed by atoms with Gasteiger partial charge in [0.1, 0.15) is 11.6 Å². The number of hydrogen-bond acceptors (Lipinski definition) is 3. The number of allylic oxidation sites excluding steroid dienone is 1. The zero-order valence-corrected chi connectivity index (χ0v) is 11.3. The molecule has 0 saturated heterocycles. The van der Waals surface area contributed by atoms with Crippen molar-refractivity contribution in [2.24, 2.45) is 11.5 Å². The summed E-state index contributed by atoms with van der Waals surface area (Å²) in [6, 6.07) is 5.75. The van der Waals surface area contributed by atoms with Crippen molar-refractivity contribution in [2.45, 2.75) is 18.0 Å². The molecular formula is C14H16ClFN2O. The lowest BCUT2D eigenvalue weighted by Crippen LogP contribution is -2.56. The number of rotatable bonds is 3. The van der Waals surface area contributed by atoms with E-state index in [1.54, 1.807) is 24.3 Å². The first-order valence-corrected chi connectivity index (χ1v) is 6.26. The van der Waals surface area contributed by atoms with Crippen molar-refractivity contribution < 1.29 is 9.13 Å². The molecule has 3 nitrogen and oxygen atoms in total. The fourth-order valence-electron chi connectivity index (χ4n) is 2.09. The second-order valence-corrected chi connectivity index (χ2v) is 5.08. The highest BCUT2D eigenvalue weighted by molar-refractivity contribution is 6.32. The van der Waals surface area contributed by atoms with E-state index in [1.165, 1.54) is 19.2 Å². The Bertz CT molecular complexity index is 527. The van der Waals surface area contributed by atoms with Gasteiger partial charge in [0.25, 0.3) is 0 Å². The van der Waals surface area contributed by atoms with E-state index in [4.69, 9.17) is 27.8 Å². The second kappa shape index (κ2) is 5.33. The molecule has 102 valence electrons. The minimum absolute atomic E-state index is 0.280. The van der Waals surface area contributed by atoms with E-state index < -0.39 is 11.6 Å². The predicted octanol–water partition coefficient (Wildman–Crippen LogP) is 2.06. The van der Waals surface area contributed by atoms with E-state index in [0.29, 0.717) is 17.2 Å². The van der Waals surface area contributed by atoms with E-state index in [1.807, 2.05) is 0 Å². The van der Waals surface area contributed by atoms with E-state index in [-0.39, 0.29) is 5.82 Å². The molecule has 0 heterocycles. The van der Waals surface area contributed by atoms with Crippen LogP contribution in [0.15, 0.2) is 47.2 Å². The Labute approximate surface area is 116 Å². The van der Waals surface area contributed by atoms with Crippen LogP contribution in [0.2, 0.25) is 0 Å². The van der Waals surface area contributed by atoms with Gasteiger partial charge >= 0.3 is 0 Å². The maximum absolute atomic E-state index is 12.9. The Morgan fingerprint density at radius 3 is 2.58 bits per heavy atom. The van der Waals surface area contributed by atoms with Crippen LogP contribution in [0.5, 0.6) is 0 Å². The molecule has 0 amide bonds. The smallest absolute Gasteiger partial charge is 0.134 e. The standard InChI is InChI=1S/C14H16ClFN2O/c1-19-12-6-13(17)14(18,8-11(12)15)7-9-2-4-10(16)5-3-9/h2-6,8,13H,7,17-18H2,1H3. The summed E-state index contributed by atoms with van der Waals surface area (Å²) in [5, 5.41) is 0.439. The van der Waals surface area contributed by atoms with Crippen molar-refractivity contribution in [1.29, 1.82) is 0 Å². The topological polar surface area (TPSA) is 61.3 Å². The van der Waals surface area contributed by atoms with Crippen LogP contribution < -0.4 is 11.5 Å². The van der Waals surface area contributed by atoms with E-state index in [0.717, 1.165) is 5.56 Å². The summed E-state index contributed by atoms with van der Waals surface area (Å²) >= 11 is 6.10. The highest BCUT2D eigenvalue weighted by Gasteiger charge is 2.34. The molecule has 1 aromatic carbocycles. The van der Waals surface area contributed by atoms with Crippen molar-refractivity contribution in [3.8, 4) is 0 Å². The van der Waals surface area contributed by atoms with Crippen molar-refractivity contribution >= 4 is 11.6 Å². The van der Waals surface area contributed by atoms with E-state index in [2.05, 4.69) is 0 Å². The van der Waals surface area contributed by atoms with Gasteiger partial charge in [-0.05, 0) is 36.3 Å². The average Bonchev–Trinajstić information content (AvgIpc) is 2.37. The third-order valence-electron chi connectivity index (χ3n) is 3.23. The molecule has 5 heteroatoms. The van der Waals surface area contributed by atoms with Crippen LogP contribution in [-0.4, -0.2) is 18.7 Å². The molecule has 0 fully saturated rings. The van der Waals surface area contributed by atoms with Crippen molar-refractivity contribution in [3.63, 3.8) is 0 Å². The van der Waals surface area contributed by atoms with Gasteiger partial charge in [-0.3, -0.25) is 0 Å². The fourth-order valence-corrected chi connectivity index (χ4v) is 2.43. The number of halogens is 2. The molecular weight excluding hydrogens is 267 g/mol. The van der Waals surface area contributed by atoms with Gasteiger partial charge < -0.3 is 16.2 Å². The van der Waals surface area contributed by atoms with Gasteiger partial charge in [0.2, 0.25) is 0 Å². The molecule has 0 spiro atoms. The Kier molecular flexibility index (Phi) is 3.94. The lowest BCUT2D eigenvalue weighted by Gasteiger charge is -2.34. The Balaban J connectivity index is 2.24. The molecule has 1 aliphatic rings. The summed E-state index contributed by atoms with van der Waals surface area (Å²) in [4.78, 5) is 0.